The molecule has 25 heavy (non-hydrogen) atoms. The topological polar surface area (TPSA) is 79.2 Å². The van der Waals surface area contributed by atoms with E-state index in [-0.39, 0.29) is 16.5 Å². The number of benzene rings is 2. The van der Waals surface area contributed by atoms with Gasteiger partial charge in [0.2, 0.25) is 0 Å². The maximum Gasteiger partial charge on any atom is 0.273 e. The van der Waals surface area contributed by atoms with Gasteiger partial charge in [-0.05, 0) is 18.6 Å². The molecule has 3 aromatic rings. The predicted molar refractivity (Wildman–Crippen MR) is 101 cm³/mol. The summed E-state index contributed by atoms with van der Waals surface area (Å²) in [5, 5.41) is 8.89. The highest BCUT2D eigenvalue weighted by Crippen LogP contribution is 2.24. The lowest BCUT2D eigenvalue weighted by Gasteiger charge is -2.11. The summed E-state index contributed by atoms with van der Waals surface area (Å²) in [5.41, 5.74) is 3.73. The number of H-pyrrole nitrogens is 1. The average Bonchev–Trinajstić information content (AvgIpc) is 3.13. The molecule has 7 heteroatoms. The van der Waals surface area contributed by atoms with Gasteiger partial charge >= 0.3 is 0 Å². The SMILES string of the molecule is O=c1[nH]n(CC[C@H]2NN=C(c3ccccc3)S2)c(=O)c2ccccc12. The van der Waals surface area contributed by atoms with Crippen molar-refractivity contribution in [2.45, 2.75) is 18.3 Å². The molecular weight excluding hydrogens is 336 g/mol. The summed E-state index contributed by atoms with van der Waals surface area (Å²) in [5.74, 6) is 0. The van der Waals surface area contributed by atoms with Crippen LogP contribution in [0, 0.1) is 0 Å². The maximum absolute atomic E-state index is 12.5. The molecule has 6 nitrogen and oxygen atoms in total. The van der Waals surface area contributed by atoms with Crippen molar-refractivity contribution in [3.8, 4) is 0 Å². The maximum atomic E-state index is 12.5. The lowest BCUT2D eigenvalue weighted by molar-refractivity contribution is 0.514. The van der Waals surface area contributed by atoms with E-state index in [2.05, 4.69) is 15.6 Å². The number of nitrogens with one attached hydrogen (secondary N) is 2. The molecule has 0 unspecified atom stereocenters. The Kier molecular flexibility index (Phi) is 4.15. The van der Waals surface area contributed by atoms with Crippen LogP contribution in [-0.4, -0.2) is 20.2 Å². The summed E-state index contributed by atoms with van der Waals surface area (Å²) in [6.07, 6.45) is 0.665. The van der Waals surface area contributed by atoms with E-state index in [1.165, 1.54) is 4.68 Å². The van der Waals surface area contributed by atoms with Crippen molar-refractivity contribution in [2.75, 3.05) is 0 Å². The number of aryl methyl sites for hydroxylation is 1. The Morgan fingerprint density at radius 3 is 2.52 bits per heavy atom. The largest absolute Gasteiger partial charge is 0.295 e. The second-order valence-corrected chi connectivity index (χ2v) is 6.94. The quantitative estimate of drug-likeness (QED) is 0.754. The zero-order chi connectivity index (χ0) is 17.2. The number of rotatable bonds is 4. The van der Waals surface area contributed by atoms with E-state index in [1.54, 1.807) is 36.0 Å². The van der Waals surface area contributed by atoms with Crippen molar-refractivity contribution in [1.82, 2.24) is 15.2 Å². The van der Waals surface area contributed by atoms with Crippen molar-refractivity contribution in [3.05, 3.63) is 80.9 Å². The van der Waals surface area contributed by atoms with Gasteiger partial charge in [-0.3, -0.25) is 20.1 Å². The van der Waals surface area contributed by atoms with E-state index < -0.39 is 0 Å². The van der Waals surface area contributed by atoms with Crippen molar-refractivity contribution in [2.24, 2.45) is 5.10 Å². The summed E-state index contributed by atoms with van der Waals surface area (Å²) >= 11 is 1.63. The third-order valence-corrected chi connectivity index (χ3v) is 5.26. The lowest BCUT2D eigenvalue weighted by atomic mass is 10.2. The molecule has 1 aliphatic heterocycles. The van der Waals surface area contributed by atoms with Gasteiger partial charge in [0.15, 0.2) is 0 Å². The second kappa shape index (κ2) is 6.60. The van der Waals surface area contributed by atoms with Gasteiger partial charge in [0.1, 0.15) is 5.04 Å². The van der Waals surface area contributed by atoms with E-state index in [9.17, 15) is 9.59 Å². The molecule has 4 rings (SSSR count). The highest BCUT2D eigenvalue weighted by molar-refractivity contribution is 8.15. The summed E-state index contributed by atoms with van der Waals surface area (Å²) in [7, 11) is 0. The number of hydrogen-bond acceptors (Lipinski definition) is 5. The molecule has 0 amide bonds. The van der Waals surface area contributed by atoms with Gasteiger partial charge in [0.25, 0.3) is 11.1 Å². The Balaban J connectivity index is 1.48. The normalized spacial score (nSPS) is 16.6. The number of fused-ring (bicyclic) bond motifs is 1. The Morgan fingerprint density at radius 2 is 1.72 bits per heavy atom. The van der Waals surface area contributed by atoms with Gasteiger partial charge in [-0.15, -0.1) is 0 Å². The highest BCUT2D eigenvalue weighted by atomic mass is 32.2. The molecule has 0 saturated carbocycles. The van der Waals surface area contributed by atoms with Crippen molar-refractivity contribution >= 4 is 27.6 Å². The summed E-state index contributed by atoms with van der Waals surface area (Å²) in [4.78, 5) is 24.6. The summed E-state index contributed by atoms with van der Waals surface area (Å²) in [6.45, 7) is 0.418. The third kappa shape index (κ3) is 3.10. The molecular formula is C18H16N4O2S. The standard InChI is InChI=1S/C18H16N4O2S/c23-16-13-8-4-5-9-14(13)18(24)22(21-16)11-10-15-19-20-17(25-15)12-6-2-1-3-7-12/h1-9,15,19H,10-11H2,(H,21,23)/t15-/m0/s1. The fourth-order valence-electron chi connectivity index (χ4n) is 2.81. The molecule has 1 aliphatic rings. The average molecular weight is 352 g/mol. The molecule has 2 N–H and O–H groups in total. The first-order valence-electron chi connectivity index (χ1n) is 7.99. The number of hydrazone groups is 1. The first-order chi connectivity index (χ1) is 12.2. The van der Waals surface area contributed by atoms with E-state index in [0.29, 0.717) is 23.7 Å². The number of aromatic nitrogens is 2. The van der Waals surface area contributed by atoms with Crippen LogP contribution in [0.15, 0.2) is 69.3 Å². The smallest absolute Gasteiger partial charge is 0.273 e. The first kappa shape index (κ1) is 15.7. The Morgan fingerprint density at radius 1 is 1.00 bits per heavy atom. The van der Waals surface area contributed by atoms with Crippen LogP contribution < -0.4 is 16.5 Å². The Hall–Kier alpha value is -2.80. The van der Waals surface area contributed by atoms with Crippen LogP contribution in [0.25, 0.3) is 10.8 Å². The van der Waals surface area contributed by atoms with Gasteiger partial charge in [0.05, 0.1) is 16.1 Å². The first-order valence-corrected chi connectivity index (χ1v) is 8.87. The Bertz CT molecular complexity index is 1060. The molecule has 126 valence electrons. The fraction of sp³-hybridized carbons (Fsp3) is 0.167. The minimum atomic E-state index is -0.247. The van der Waals surface area contributed by atoms with Crippen molar-refractivity contribution in [3.63, 3.8) is 0 Å². The minimum absolute atomic E-state index is 0.0667. The highest BCUT2D eigenvalue weighted by Gasteiger charge is 2.20. The number of hydrogen-bond donors (Lipinski definition) is 2. The molecule has 0 bridgehead atoms. The molecule has 1 atom stereocenters. The molecule has 0 saturated heterocycles. The minimum Gasteiger partial charge on any atom is -0.295 e. The van der Waals surface area contributed by atoms with Crippen molar-refractivity contribution < 1.29 is 0 Å². The summed E-state index contributed by atoms with van der Waals surface area (Å²) < 4.78 is 1.38. The van der Waals surface area contributed by atoms with Gasteiger partial charge in [-0.2, -0.15) is 5.10 Å². The monoisotopic (exact) mass is 352 g/mol. The summed E-state index contributed by atoms with van der Waals surface area (Å²) in [6, 6.07) is 16.8. The molecule has 0 fully saturated rings. The predicted octanol–water partition coefficient (Wildman–Crippen LogP) is 2.10. The van der Waals surface area contributed by atoms with Crippen LogP contribution in [-0.2, 0) is 6.54 Å². The van der Waals surface area contributed by atoms with Crippen LogP contribution >= 0.6 is 11.8 Å². The van der Waals surface area contributed by atoms with Crippen LogP contribution in [0.2, 0.25) is 0 Å². The van der Waals surface area contributed by atoms with Crippen LogP contribution in [0.5, 0.6) is 0 Å². The molecule has 1 aromatic heterocycles. The zero-order valence-electron chi connectivity index (χ0n) is 13.3. The molecule has 0 aliphatic carbocycles. The fourth-order valence-corrected chi connectivity index (χ4v) is 3.78. The third-order valence-electron chi connectivity index (χ3n) is 4.08. The van der Waals surface area contributed by atoms with Gasteiger partial charge in [-0.25, -0.2) is 4.68 Å². The van der Waals surface area contributed by atoms with E-state index in [0.717, 1.165) is 10.6 Å². The molecule has 0 radical (unpaired) electrons. The lowest BCUT2D eigenvalue weighted by Crippen LogP contribution is -2.31. The number of nitrogens with zero attached hydrogens (tertiary/aromatic N) is 2. The van der Waals surface area contributed by atoms with E-state index in [1.807, 2.05) is 30.3 Å². The van der Waals surface area contributed by atoms with Crippen LogP contribution in [0.3, 0.4) is 0 Å². The Labute approximate surface area is 147 Å². The van der Waals surface area contributed by atoms with Gasteiger partial charge in [-0.1, -0.05) is 54.2 Å². The van der Waals surface area contributed by atoms with Gasteiger partial charge in [0, 0.05) is 12.1 Å². The van der Waals surface area contributed by atoms with Crippen LogP contribution in [0.4, 0.5) is 0 Å². The van der Waals surface area contributed by atoms with Crippen LogP contribution in [0.1, 0.15) is 12.0 Å². The van der Waals surface area contributed by atoms with Gasteiger partial charge < -0.3 is 0 Å². The second-order valence-electron chi connectivity index (χ2n) is 5.75. The van der Waals surface area contributed by atoms with Crippen molar-refractivity contribution in [1.29, 1.82) is 0 Å². The zero-order valence-corrected chi connectivity index (χ0v) is 14.1. The molecule has 2 heterocycles. The van der Waals surface area contributed by atoms with E-state index in [4.69, 9.17) is 0 Å². The molecule has 2 aromatic carbocycles. The van der Waals surface area contributed by atoms with E-state index >= 15 is 0 Å². The number of thioether (sulfide) groups is 1. The number of aromatic amines is 1. The molecule has 0 spiro atoms.